The molecule has 2 aromatic heterocycles. The van der Waals surface area contributed by atoms with Gasteiger partial charge in [0.2, 0.25) is 0 Å². The highest BCUT2D eigenvalue weighted by molar-refractivity contribution is 7.80. The molecule has 4 aromatic rings. The van der Waals surface area contributed by atoms with Crippen LogP contribution in [0.25, 0.3) is 5.69 Å². The van der Waals surface area contributed by atoms with E-state index < -0.39 is 0 Å². The number of thiocarbonyl (C=S) groups is 1. The Morgan fingerprint density at radius 1 is 1.00 bits per heavy atom. The smallest absolute Gasteiger partial charge is 0.174 e. The second-order valence-electron chi connectivity index (χ2n) is 7.75. The Balaban J connectivity index is 1.67. The molecule has 0 spiro atoms. The van der Waals surface area contributed by atoms with E-state index in [1.54, 1.807) is 18.3 Å². The predicted octanol–water partition coefficient (Wildman–Crippen LogP) is 5.72. The first kappa shape index (κ1) is 20.5. The van der Waals surface area contributed by atoms with Gasteiger partial charge in [-0.3, -0.25) is 4.98 Å². The SMILES string of the molecule is Cc1cc(-n2cccc2[C@@H]2[C@H](c3ccccn3)NC(=S)N2c2ccc(O)cc2)ccc1Cl. The fourth-order valence-electron chi connectivity index (χ4n) is 4.20. The molecule has 5 nitrogen and oxygen atoms in total. The van der Waals surface area contributed by atoms with E-state index in [-0.39, 0.29) is 17.8 Å². The average molecular weight is 461 g/mol. The maximum absolute atomic E-state index is 9.79. The van der Waals surface area contributed by atoms with Crippen LogP contribution >= 0.6 is 23.8 Å². The third-order valence-corrected chi connectivity index (χ3v) is 6.47. The van der Waals surface area contributed by atoms with Crippen molar-refractivity contribution < 1.29 is 5.11 Å². The molecule has 1 aliphatic rings. The summed E-state index contributed by atoms with van der Waals surface area (Å²) in [5.74, 6) is 0.213. The molecule has 0 unspecified atom stereocenters. The molecule has 0 amide bonds. The number of rotatable bonds is 4. The van der Waals surface area contributed by atoms with Crippen LogP contribution in [0.3, 0.4) is 0 Å². The van der Waals surface area contributed by atoms with Crippen LogP contribution in [0.15, 0.2) is 85.2 Å². The number of pyridine rings is 1. The van der Waals surface area contributed by atoms with Gasteiger partial charge in [-0.2, -0.15) is 0 Å². The number of hydrogen-bond acceptors (Lipinski definition) is 3. The van der Waals surface area contributed by atoms with Crippen molar-refractivity contribution in [3.05, 3.63) is 107 Å². The van der Waals surface area contributed by atoms with Gasteiger partial charge in [0.15, 0.2) is 5.11 Å². The van der Waals surface area contributed by atoms with E-state index in [1.807, 2.05) is 61.7 Å². The summed E-state index contributed by atoms with van der Waals surface area (Å²) in [7, 11) is 0. The molecule has 7 heteroatoms. The standard InChI is InChI=1S/C25H21ClN4OS/c1-16-15-18(9-12-20(16)26)29-14-4-6-22(29)24-23(21-5-2-3-13-27-21)28-25(32)30(24)17-7-10-19(31)11-8-17/h2-15,23-24,31H,1H3,(H,28,32)/t23-,24+/m0/s1. The lowest BCUT2D eigenvalue weighted by molar-refractivity contribution is 0.475. The van der Waals surface area contributed by atoms with E-state index in [0.717, 1.165) is 33.3 Å². The first-order chi connectivity index (χ1) is 15.5. The van der Waals surface area contributed by atoms with Crippen LogP contribution in [0.2, 0.25) is 5.02 Å². The van der Waals surface area contributed by atoms with Crippen LogP contribution < -0.4 is 10.2 Å². The quantitative estimate of drug-likeness (QED) is 0.381. The molecule has 3 heterocycles. The number of benzene rings is 2. The van der Waals surface area contributed by atoms with Crippen molar-refractivity contribution in [2.24, 2.45) is 0 Å². The summed E-state index contributed by atoms with van der Waals surface area (Å²) in [5, 5.41) is 14.6. The van der Waals surface area contributed by atoms with Crippen LogP contribution in [0.5, 0.6) is 5.75 Å². The lowest BCUT2D eigenvalue weighted by Crippen LogP contribution is -2.30. The predicted molar refractivity (Wildman–Crippen MR) is 132 cm³/mol. The molecule has 0 radical (unpaired) electrons. The first-order valence-corrected chi connectivity index (χ1v) is 11.0. The normalized spacial score (nSPS) is 18.1. The molecule has 32 heavy (non-hydrogen) atoms. The zero-order valence-corrected chi connectivity index (χ0v) is 18.9. The van der Waals surface area contributed by atoms with Gasteiger partial charge in [0.25, 0.3) is 0 Å². The second kappa shape index (κ2) is 8.30. The van der Waals surface area contributed by atoms with Gasteiger partial charge in [-0.25, -0.2) is 0 Å². The van der Waals surface area contributed by atoms with Gasteiger partial charge in [-0.05, 0) is 91.4 Å². The van der Waals surface area contributed by atoms with Crippen LogP contribution in [-0.4, -0.2) is 19.8 Å². The molecule has 0 bridgehead atoms. The third kappa shape index (κ3) is 3.61. The highest BCUT2D eigenvalue weighted by atomic mass is 35.5. The topological polar surface area (TPSA) is 53.3 Å². The van der Waals surface area contributed by atoms with Crippen molar-refractivity contribution in [1.29, 1.82) is 0 Å². The Labute approximate surface area is 196 Å². The number of anilines is 1. The molecule has 2 N–H and O–H groups in total. The summed E-state index contributed by atoms with van der Waals surface area (Å²) in [5.41, 5.74) is 4.89. The number of aromatic hydroxyl groups is 1. The Hall–Kier alpha value is -3.35. The summed E-state index contributed by atoms with van der Waals surface area (Å²) < 4.78 is 2.16. The van der Waals surface area contributed by atoms with Crippen molar-refractivity contribution in [3.63, 3.8) is 0 Å². The van der Waals surface area contributed by atoms with E-state index in [9.17, 15) is 5.11 Å². The van der Waals surface area contributed by atoms with Gasteiger partial charge < -0.3 is 19.9 Å². The number of halogens is 1. The monoisotopic (exact) mass is 460 g/mol. The Morgan fingerprint density at radius 3 is 2.50 bits per heavy atom. The van der Waals surface area contributed by atoms with Gasteiger partial charge in [-0.15, -0.1) is 0 Å². The van der Waals surface area contributed by atoms with Gasteiger partial charge in [0.05, 0.1) is 11.7 Å². The van der Waals surface area contributed by atoms with Gasteiger partial charge in [-0.1, -0.05) is 17.7 Å². The highest BCUT2D eigenvalue weighted by Gasteiger charge is 2.42. The van der Waals surface area contributed by atoms with Gasteiger partial charge >= 0.3 is 0 Å². The zero-order valence-electron chi connectivity index (χ0n) is 17.3. The number of aromatic nitrogens is 2. The zero-order chi connectivity index (χ0) is 22.2. The summed E-state index contributed by atoms with van der Waals surface area (Å²) in [6.45, 7) is 2.00. The number of phenolic OH excluding ortho intramolecular Hbond substituents is 1. The fourth-order valence-corrected chi connectivity index (χ4v) is 4.66. The van der Waals surface area contributed by atoms with Crippen molar-refractivity contribution in [2.75, 3.05) is 4.90 Å². The molecular weight excluding hydrogens is 440 g/mol. The van der Waals surface area contributed by atoms with E-state index in [4.69, 9.17) is 23.8 Å². The molecule has 2 atom stereocenters. The van der Waals surface area contributed by atoms with E-state index in [2.05, 4.69) is 31.9 Å². The van der Waals surface area contributed by atoms with Crippen LogP contribution in [0, 0.1) is 6.92 Å². The molecule has 2 aromatic carbocycles. The molecular formula is C25H21ClN4OS. The lowest BCUT2D eigenvalue weighted by Gasteiger charge is -2.29. The fraction of sp³-hybridized carbons (Fsp3) is 0.120. The van der Waals surface area contributed by atoms with Crippen molar-refractivity contribution in [3.8, 4) is 11.4 Å². The minimum Gasteiger partial charge on any atom is -0.508 e. The van der Waals surface area contributed by atoms with Crippen molar-refractivity contribution in [2.45, 2.75) is 19.0 Å². The minimum atomic E-state index is -0.159. The lowest BCUT2D eigenvalue weighted by atomic mass is 10.0. The van der Waals surface area contributed by atoms with E-state index in [1.165, 1.54) is 0 Å². The third-order valence-electron chi connectivity index (χ3n) is 5.73. The van der Waals surface area contributed by atoms with E-state index >= 15 is 0 Å². The molecule has 5 rings (SSSR count). The average Bonchev–Trinajstić information content (AvgIpc) is 3.41. The van der Waals surface area contributed by atoms with Crippen LogP contribution in [0.4, 0.5) is 5.69 Å². The molecule has 0 saturated carbocycles. The summed E-state index contributed by atoms with van der Waals surface area (Å²) in [4.78, 5) is 6.70. The van der Waals surface area contributed by atoms with Crippen LogP contribution in [0.1, 0.15) is 29.0 Å². The Kier molecular flexibility index (Phi) is 5.33. The second-order valence-corrected chi connectivity index (χ2v) is 8.54. The molecule has 1 saturated heterocycles. The van der Waals surface area contributed by atoms with Crippen molar-refractivity contribution >= 4 is 34.6 Å². The number of aryl methyl sites for hydroxylation is 1. The summed E-state index contributed by atoms with van der Waals surface area (Å²) in [6.07, 6.45) is 3.84. The Bertz CT molecular complexity index is 1270. The Morgan fingerprint density at radius 2 is 1.78 bits per heavy atom. The van der Waals surface area contributed by atoms with Crippen LogP contribution in [-0.2, 0) is 0 Å². The first-order valence-electron chi connectivity index (χ1n) is 10.3. The maximum Gasteiger partial charge on any atom is 0.174 e. The van der Waals surface area contributed by atoms with Gasteiger partial charge in [0.1, 0.15) is 11.8 Å². The number of nitrogens with zero attached hydrogens (tertiary/aromatic N) is 3. The molecule has 0 aliphatic carbocycles. The molecule has 1 fully saturated rings. The number of phenols is 1. The summed E-state index contributed by atoms with van der Waals surface area (Å²) >= 11 is 12.1. The number of nitrogens with one attached hydrogen (secondary N) is 1. The summed E-state index contributed by atoms with van der Waals surface area (Å²) in [6, 6.07) is 22.8. The highest BCUT2D eigenvalue weighted by Crippen LogP contribution is 2.42. The maximum atomic E-state index is 9.79. The largest absolute Gasteiger partial charge is 0.508 e. The molecule has 1 aliphatic heterocycles. The van der Waals surface area contributed by atoms with Gasteiger partial charge in [0, 0.05) is 34.5 Å². The van der Waals surface area contributed by atoms with E-state index in [0.29, 0.717) is 5.11 Å². The number of hydrogen-bond donors (Lipinski definition) is 2. The molecule has 160 valence electrons. The van der Waals surface area contributed by atoms with Crippen molar-refractivity contribution in [1.82, 2.24) is 14.9 Å². The minimum absolute atomic E-state index is 0.153.